The van der Waals surface area contributed by atoms with Crippen molar-refractivity contribution in [3.8, 4) is 0 Å². The van der Waals surface area contributed by atoms with Gasteiger partial charge >= 0.3 is 0 Å². The number of aromatic nitrogens is 1. The van der Waals surface area contributed by atoms with Gasteiger partial charge in [-0.2, -0.15) is 0 Å². The normalized spacial score (nSPS) is 12.4. The molecule has 0 fully saturated rings. The molecule has 0 amide bonds. The molecule has 0 aliphatic heterocycles. The van der Waals surface area contributed by atoms with Crippen molar-refractivity contribution in [3.63, 3.8) is 0 Å². The van der Waals surface area contributed by atoms with Gasteiger partial charge in [0.05, 0.1) is 17.4 Å². The van der Waals surface area contributed by atoms with Crippen molar-refractivity contribution in [1.82, 2.24) is 4.98 Å². The number of rotatable bonds is 3. The lowest BCUT2D eigenvalue weighted by atomic mass is 10.2. The standard InChI is InChI=1S/C12H14N2S/c1-9-11(5-3-7-13-9)14-10(2)12-6-4-8-15-12/h3-8,10,14H,1-2H3/t10-/m1/s1. The summed E-state index contributed by atoms with van der Waals surface area (Å²) in [5, 5.41) is 5.56. The molecule has 3 heteroatoms. The van der Waals surface area contributed by atoms with E-state index in [2.05, 4.69) is 40.8 Å². The summed E-state index contributed by atoms with van der Waals surface area (Å²) < 4.78 is 0. The molecule has 2 rings (SSSR count). The van der Waals surface area contributed by atoms with Crippen molar-refractivity contribution in [3.05, 3.63) is 46.4 Å². The summed E-state index contributed by atoms with van der Waals surface area (Å²) >= 11 is 1.77. The number of hydrogen-bond acceptors (Lipinski definition) is 3. The number of aryl methyl sites for hydroxylation is 1. The van der Waals surface area contributed by atoms with E-state index in [1.807, 2.05) is 19.2 Å². The summed E-state index contributed by atoms with van der Waals surface area (Å²) in [7, 11) is 0. The summed E-state index contributed by atoms with van der Waals surface area (Å²) in [6.07, 6.45) is 1.82. The minimum atomic E-state index is 0.341. The van der Waals surface area contributed by atoms with Gasteiger partial charge in [-0.3, -0.25) is 4.98 Å². The van der Waals surface area contributed by atoms with Gasteiger partial charge in [0.15, 0.2) is 0 Å². The van der Waals surface area contributed by atoms with Crippen molar-refractivity contribution in [2.45, 2.75) is 19.9 Å². The summed E-state index contributed by atoms with van der Waals surface area (Å²) in [6, 6.07) is 8.58. The lowest BCUT2D eigenvalue weighted by Crippen LogP contribution is -2.06. The van der Waals surface area contributed by atoms with Gasteiger partial charge in [0, 0.05) is 11.1 Å². The highest BCUT2D eigenvalue weighted by molar-refractivity contribution is 7.10. The van der Waals surface area contributed by atoms with E-state index in [9.17, 15) is 0 Å². The molecule has 0 spiro atoms. The molecule has 2 aromatic heterocycles. The molecule has 1 atom stereocenters. The van der Waals surface area contributed by atoms with E-state index in [1.54, 1.807) is 11.3 Å². The predicted molar refractivity (Wildman–Crippen MR) is 65.3 cm³/mol. The van der Waals surface area contributed by atoms with Crippen molar-refractivity contribution in [2.24, 2.45) is 0 Å². The molecular weight excluding hydrogens is 204 g/mol. The number of hydrogen-bond donors (Lipinski definition) is 1. The molecule has 78 valence electrons. The number of thiophene rings is 1. The Hall–Kier alpha value is -1.35. The molecule has 2 heterocycles. The van der Waals surface area contributed by atoms with Crippen molar-refractivity contribution < 1.29 is 0 Å². The lowest BCUT2D eigenvalue weighted by molar-refractivity contribution is 0.901. The second-order valence-electron chi connectivity index (χ2n) is 3.52. The Morgan fingerprint density at radius 2 is 2.20 bits per heavy atom. The van der Waals surface area contributed by atoms with Crippen LogP contribution in [0.2, 0.25) is 0 Å². The first-order chi connectivity index (χ1) is 7.27. The van der Waals surface area contributed by atoms with Crippen LogP contribution in [0.5, 0.6) is 0 Å². The summed E-state index contributed by atoms with van der Waals surface area (Å²) in [5.74, 6) is 0. The zero-order valence-corrected chi connectivity index (χ0v) is 9.71. The quantitative estimate of drug-likeness (QED) is 0.851. The van der Waals surface area contributed by atoms with Gasteiger partial charge in [-0.05, 0) is 37.4 Å². The Morgan fingerprint density at radius 1 is 1.33 bits per heavy atom. The zero-order valence-electron chi connectivity index (χ0n) is 8.90. The molecule has 0 bridgehead atoms. The largest absolute Gasteiger partial charge is 0.376 e. The molecule has 0 aliphatic rings. The maximum Gasteiger partial charge on any atom is 0.0603 e. The SMILES string of the molecule is Cc1ncccc1N[C@H](C)c1cccs1. The smallest absolute Gasteiger partial charge is 0.0603 e. The first-order valence-corrected chi connectivity index (χ1v) is 5.87. The van der Waals surface area contributed by atoms with E-state index in [1.165, 1.54) is 4.88 Å². The van der Waals surface area contributed by atoms with Crippen LogP contribution in [0.3, 0.4) is 0 Å². The average molecular weight is 218 g/mol. The van der Waals surface area contributed by atoms with Crippen LogP contribution < -0.4 is 5.32 Å². The average Bonchev–Trinajstić information content (AvgIpc) is 2.74. The second-order valence-corrected chi connectivity index (χ2v) is 4.50. The molecule has 0 unspecified atom stereocenters. The first-order valence-electron chi connectivity index (χ1n) is 4.99. The van der Waals surface area contributed by atoms with Crippen molar-refractivity contribution >= 4 is 17.0 Å². The Morgan fingerprint density at radius 3 is 2.87 bits per heavy atom. The molecule has 0 saturated carbocycles. The van der Waals surface area contributed by atoms with E-state index in [-0.39, 0.29) is 0 Å². The molecule has 15 heavy (non-hydrogen) atoms. The maximum absolute atomic E-state index is 4.25. The van der Waals surface area contributed by atoms with Gasteiger partial charge in [0.25, 0.3) is 0 Å². The molecule has 0 aliphatic carbocycles. The molecule has 0 aromatic carbocycles. The van der Waals surface area contributed by atoms with Crippen LogP contribution in [0, 0.1) is 6.92 Å². The van der Waals surface area contributed by atoms with Crippen LogP contribution in [-0.2, 0) is 0 Å². The molecule has 2 nitrogen and oxygen atoms in total. The fourth-order valence-corrected chi connectivity index (χ4v) is 2.21. The van der Waals surface area contributed by atoms with Gasteiger partial charge in [-0.25, -0.2) is 0 Å². The third-order valence-corrected chi connectivity index (χ3v) is 3.40. The molecule has 0 saturated heterocycles. The predicted octanol–water partition coefficient (Wildman–Crippen LogP) is 3.62. The highest BCUT2D eigenvalue weighted by Gasteiger charge is 2.07. The minimum absolute atomic E-state index is 0.341. The topological polar surface area (TPSA) is 24.9 Å². The summed E-state index contributed by atoms with van der Waals surface area (Å²) in [6.45, 7) is 4.18. The number of nitrogens with zero attached hydrogens (tertiary/aromatic N) is 1. The highest BCUT2D eigenvalue weighted by Crippen LogP contribution is 2.23. The third-order valence-electron chi connectivity index (χ3n) is 2.35. The molecular formula is C12H14N2S. The number of pyridine rings is 1. The van der Waals surface area contributed by atoms with Crippen LogP contribution in [0.4, 0.5) is 5.69 Å². The van der Waals surface area contributed by atoms with Crippen LogP contribution in [0.25, 0.3) is 0 Å². The monoisotopic (exact) mass is 218 g/mol. The first kappa shape index (κ1) is 10.2. The Bertz CT molecular complexity index is 423. The van der Waals surface area contributed by atoms with E-state index >= 15 is 0 Å². The van der Waals surface area contributed by atoms with Crippen LogP contribution in [0.1, 0.15) is 23.5 Å². The van der Waals surface area contributed by atoms with Crippen molar-refractivity contribution in [2.75, 3.05) is 5.32 Å². The van der Waals surface area contributed by atoms with Crippen LogP contribution in [-0.4, -0.2) is 4.98 Å². The van der Waals surface area contributed by atoms with E-state index in [0.717, 1.165) is 11.4 Å². The van der Waals surface area contributed by atoms with Crippen LogP contribution in [0.15, 0.2) is 35.8 Å². The van der Waals surface area contributed by atoms with Gasteiger partial charge in [0.1, 0.15) is 0 Å². The Kier molecular flexibility index (Phi) is 3.02. The van der Waals surface area contributed by atoms with Crippen molar-refractivity contribution in [1.29, 1.82) is 0 Å². The maximum atomic E-state index is 4.25. The fraction of sp³-hybridized carbons (Fsp3) is 0.250. The second kappa shape index (κ2) is 4.45. The Balaban J connectivity index is 2.13. The van der Waals surface area contributed by atoms with Gasteiger partial charge < -0.3 is 5.32 Å². The summed E-state index contributed by atoms with van der Waals surface area (Å²) in [5.41, 5.74) is 2.15. The number of nitrogens with one attached hydrogen (secondary N) is 1. The van der Waals surface area contributed by atoms with E-state index < -0.39 is 0 Å². The molecule has 1 N–H and O–H groups in total. The van der Waals surface area contributed by atoms with Gasteiger partial charge in [0.2, 0.25) is 0 Å². The molecule has 0 radical (unpaired) electrons. The van der Waals surface area contributed by atoms with Gasteiger partial charge in [-0.15, -0.1) is 11.3 Å². The van der Waals surface area contributed by atoms with Crippen LogP contribution >= 0.6 is 11.3 Å². The van der Waals surface area contributed by atoms with Gasteiger partial charge in [-0.1, -0.05) is 6.07 Å². The van der Waals surface area contributed by atoms with E-state index in [0.29, 0.717) is 6.04 Å². The third kappa shape index (κ3) is 2.36. The lowest BCUT2D eigenvalue weighted by Gasteiger charge is -2.14. The fourth-order valence-electron chi connectivity index (χ4n) is 1.48. The van der Waals surface area contributed by atoms with E-state index in [4.69, 9.17) is 0 Å². The Labute approximate surface area is 94.0 Å². The molecule has 2 aromatic rings. The summed E-state index contributed by atoms with van der Waals surface area (Å²) in [4.78, 5) is 5.60. The highest BCUT2D eigenvalue weighted by atomic mass is 32.1. The minimum Gasteiger partial charge on any atom is -0.376 e. The number of anilines is 1. The zero-order chi connectivity index (χ0) is 10.7.